The van der Waals surface area contributed by atoms with Crippen molar-refractivity contribution in [2.24, 2.45) is 0 Å². The van der Waals surface area contributed by atoms with Crippen LogP contribution in [0.2, 0.25) is 0 Å². The average Bonchev–Trinajstić information content (AvgIpc) is 2.79. The second-order valence-electron chi connectivity index (χ2n) is 6.33. The zero-order chi connectivity index (χ0) is 18.7. The maximum Gasteiger partial charge on any atom is 0.342 e. The second kappa shape index (κ2) is 7.83. The summed E-state index contributed by atoms with van der Waals surface area (Å²) in [6.45, 7) is 4.17. The SMILES string of the molecule is Cc1ccc(O)c(C(=O)OCC(=O)N2CC[C@H](C)Sc3ccccc32)c1. The minimum Gasteiger partial charge on any atom is -0.507 e. The molecule has 0 aliphatic carbocycles. The summed E-state index contributed by atoms with van der Waals surface area (Å²) in [6.07, 6.45) is 0.859. The summed E-state index contributed by atoms with van der Waals surface area (Å²) in [7, 11) is 0. The molecule has 1 aliphatic heterocycles. The predicted octanol–water partition coefficient (Wildman–Crippen LogP) is 3.77. The quantitative estimate of drug-likeness (QED) is 0.832. The van der Waals surface area contributed by atoms with Crippen molar-refractivity contribution in [3.63, 3.8) is 0 Å². The molecule has 6 heteroatoms. The highest BCUT2D eigenvalue weighted by molar-refractivity contribution is 8.00. The number of phenols is 1. The Morgan fingerprint density at radius 1 is 1.27 bits per heavy atom. The van der Waals surface area contributed by atoms with Gasteiger partial charge in [-0.05, 0) is 37.6 Å². The molecule has 1 atom stereocenters. The zero-order valence-electron chi connectivity index (χ0n) is 14.8. The fourth-order valence-electron chi connectivity index (χ4n) is 2.84. The molecule has 1 amide bonds. The molecular formula is C20H21NO4S. The van der Waals surface area contributed by atoms with E-state index < -0.39 is 5.97 Å². The number of benzene rings is 2. The number of rotatable bonds is 3. The lowest BCUT2D eigenvalue weighted by Gasteiger charge is -2.22. The molecule has 0 spiro atoms. The maximum atomic E-state index is 12.7. The average molecular weight is 371 g/mol. The smallest absolute Gasteiger partial charge is 0.342 e. The molecule has 0 bridgehead atoms. The van der Waals surface area contributed by atoms with Gasteiger partial charge in [-0.1, -0.05) is 30.7 Å². The Labute approximate surface area is 157 Å². The van der Waals surface area contributed by atoms with Crippen LogP contribution >= 0.6 is 11.8 Å². The van der Waals surface area contributed by atoms with Crippen molar-refractivity contribution < 1.29 is 19.4 Å². The molecule has 0 aromatic heterocycles. The molecule has 26 heavy (non-hydrogen) atoms. The van der Waals surface area contributed by atoms with Crippen LogP contribution in [-0.2, 0) is 9.53 Å². The third-order valence-corrected chi connectivity index (χ3v) is 5.48. The van der Waals surface area contributed by atoms with Gasteiger partial charge in [0.2, 0.25) is 0 Å². The molecule has 2 aromatic carbocycles. The first-order valence-corrected chi connectivity index (χ1v) is 9.36. The van der Waals surface area contributed by atoms with Gasteiger partial charge in [0.05, 0.1) is 5.69 Å². The van der Waals surface area contributed by atoms with E-state index in [4.69, 9.17) is 4.74 Å². The number of amides is 1. The first kappa shape index (κ1) is 18.3. The number of thioether (sulfide) groups is 1. The van der Waals surface area contributed by atoms with Gasteiger partial charge in [0.25, 0.3) is 5.91 Å². The fraction of sp³-hybridized carbons (Fsp3) is 0.300. The highest BCUT2D eigenvalue weighted by atomic mass is 32.2. The Bertz CT molecular complexity index is 836. The van der Waals surface area contributed by atoms with Gasteiger partial charge in [0.15, 0.2) is 6.61 Å². The van der Waals surface area contributed by atoms with E-state index in [1.807, 2.05) is 31.2 Å². The zero-order valence-corrected chi connectivity index (χ0v) is 15.6. The summed E-state index contributed by atoms with van der Waals surface area (Å²) >= 11 is 1.74. The van der Waals surface area contributed by atoms with Gasteiger partial charge in [0.1, 0.15) is 11.3 Å². The predicted molar refractivity (Wildman–Crippen MR) is 102 cm³/mol. The highest BCUT2D eigenvalue weighted by Gasteiger charge is 2.25. The summed E-state index contributed by atoms with van der Waals surface area (Å²) in [6, 6.07) is 12.4. The van der Waals surface area contributed by atoms with Crippen molar-refractivity contribution in [2.45, 2.75) is 30.4 Å². The van der Waals surface area contributed by atoms with Crippen LogP contribution in [0.3, 0.4) is 0 Å². The Hall–Kier alpha value is -2.47. The summed E-state index contributed by atoms with van der Waals surface area (Å²) < 4.78 is 5.16. The Morgan fingerprint density at radius 2 is 2.04 bits per heavy atom. The van der Waals surface area contributed by atoms with Crippen molar-refractivity contribution in [1.82, 2.24) is 0 Å². The lowest BCUT2D eigenvalue weighted by Crippen LogP contribution is -2.35. The van der Waals surface area contributed by atoms with Gasteiger partial charge in [-0.15, -0.1) is 11.8 Å². The largest absolute Gasteiger partial charge is 0.507 e. The molecular weight excluding hydrogens is 350 g/mol. The lowest BCUT2D eigenvalue weighted by atomic mass is 10.1. The van der Waals surface area contributed by atoms with Crippen LogP contribution in [0.15, 0.2) is 47.4 Å². The molecule has 0 unspecified atom stereocenters. The first-order chi connectivity index (χ1) is 12.5. The van der Waals surface area contributed by atoms with Crippen LogP contribution in [0.5, 0.6) is 5.75 Å². The molecule has 5 nitrogen and oxygen atoms in total. The van der Waals surface area contributed by atoms with Gasteiger partial charge < -0.3 is 14.7 Å². The number of hydrogen-bond donors (Lipinski definition) is 1. The van der Waals surface area contributed by atoms with Gasteiger partial charge >= 0.3 is 5.97 Å². The number of phenolic OH excluding ortho intramolecular Hbond substituents is 1. The molecule has 2 aromatic rings. The van der Waals surface area contributed by atoms with Crippen LogP contribution in [0.25, 0.3) is 0 Å². The first-order valence-electron chi connectivity index (χ1n) is 8.48. The second-order valence-corrected chi connectivity index (χ2v) is 7.81. The number of esters is 1. The summed E-state index contributed by atoms with van der Waals surface area (Å²) in [5, 5.41) is 10.2. The molecule has 1 aliphatic rings. The summed E-state index contributed by atoms with van der Waals surface area (Å²) in [5.74, 6) is -1.13. The number of hydrogen-bond acceptors (Lipinski definition) is 5. The monoisotopic (exact) mass is 371 g/mol. The van der Waals surface area contributed by atoms with Crippen LogP contribution in [-0.4, -0.2) is 35.4 Å². The number of anilines is 1. The fourth-order valence-corrected chi connectivity index (χ4v) is 3.96. The molecule has 3 rings (SSSR count). The summed E-state index contributed by atoms with van der Waals surface area (Å²) in [5.41, 5.74) is 1.74. The van der Waals surface area contributed by atoms with Crippen LogP contribution in [0.4, 0.5) is 5.69 Å². The van der Waals surface area contributed by atoms with Crippen molar-refractivity contribution in [3.8, 4) is 5.75 Å². The number of carbonyl (C=O) groups excluding carboxylic acids is 2. The number of aromatic hydroxyl groups is 1. The van der Waals surface area contributed by atoms with Crippen molar-refractivity contribution >= 4 is 29.3 Å². The van der Waals surface area contributed by atoms with Crippen molar-refractivity contribution in [3.05, 3.63) is 53.6 Å². The van der Waals surface area contributed by atoms with E-state index in [0.29, 0.717) is 11.8 Å². The van der Waals surface area contributed by atoms with E-state index in [9.17, 15) is 14.7 Å². The standard InChI is InChI=1S/C20H21NO4S/c1-13-7-8-17(22)15(11-13)20(24)25-12-19(23)21-10-9-14(2)26-18-6-4-3-5-16(18)21/h3-8,11,14,22H,9-10,12H2,1-2H3/t14-/m0/s1. The van der Waals surface area contributed by atoms with Gasteiger partial charge in [-0.3, -0.25) is 4.79 Å². The Kier molecular flexibility index (Phi) is 5.52. The third kappa shape index (κ3) is 4.02. The molecule has 1 N–H and O–H groups in total. The van der Waals surface area contributed by atoms with Crippen molar-refractivity contribution in [1.29, 1.82) is 0 Å². The molecule has 0 radical (unpaired) electrons. The molecule has 0 saturated carbocycles. The van der Waals surface area contributed by atoms with E-state index in [0.717, 1.165) is 22.6 Å². The van der Waals surface area contributed by atoms with Gasteiger partial charge in [-0.2, -0.15) is 0 Å². The maximum absolute atomic E-state index is 12.7. The van der Waals surface area contributed by atoms with E-state index in [1.54, 1.807) is 28.8 Å². The van der Waals surface area contributed by atoms with Crippen LogP contribution < -0.4 is 4.90 Å². The lowest BCUT2D eigenvalue weighted by molar-refractivity contribution is -0.121. The van der Waals surface area contributed by atoms with E-state index in [1.165, 1.54) is 6.07 Å². The number of nitrogens with zero attached hydrogens (tertiary/aromatic N) is 1. The Balaban J connectivity index is 1.72. The number of aryl methyl sites for hydroxylation is 1. The van der Waals surface area contributed by atoms with Crippen LogP contribution in [0.1, 0.15) is 29.3 Å². The third-order valence-electron chi connectivity index (χ3n) is 4.24. The molecule has 0 saturated heterocycles. The minimum absolute atomic E-state index is 0.0678. The van der Waals surface area contributed by atoms with Crippen LogP contribution in [0, 0.1) is 6.92 Å². The topological polar surface area (TPSA) is 66.8 Å². The molecule has 0 fully saturated rings. The van der Waals surface area contributed by atoms with E-state index in [2.05, 4.69) is 6.92 Å². The number of fused-ring (bicyclic) bond motifs is 1. The number of carbonyl (C=O) groups is 2. The van der Waals surface area contributed by atoms with Gasteiger partial charge in [0, 0.05) is 16.7 Å². The van der Waals surface area contributed by atoms with E-state index >= 15 is 0 Å². The molecule has 1 heterocycles. The molecule has 136 valence electrons. The number of ether oxygens (including phenoxy) is 1. The highest BCUT2D eigenvalue weighted by Crippen LogP contribution is 2.37. The van der Waals surface area contributed by atoms with E-state index in [-0.39, 0.29) is 23.8 Å². The minimum atomic E-state index is -0.703. The Morgan fingerprint density at radius 3 is 2.85 bits per heavy atom. The van der Waals surface area contributed by atoms with Crippen molar-refractivity contribution in [2.75, 3.05) is 18.1 Å². The number of para-hydroxylation sites is 1. The normalized spacial score (nSPS) is 16.5. The van der Waals surface area contributed by atoms with Gasteiger partial charge in [-0.25, -0.2) is 4.79 Å². The summed E-state index contributed by atoms with van der Waals surface area (Å²) in [4.78, 5) is 27.6.